The van der Waals surface area contributed by atoms with Crippen LogP contribution < -0.4 is 0 Å². The molecule has 1 aliphatic rings. The highest BCUT2D eigenvalue weighted by molar-refractivity contribution is 4.95. The van der Waals surface area contributed by atoms with Crippen LogP contribution in [0.25, 0.3) is 0 Å². The molecule has 3 atom stereocenters. The molecule has 3 unspecified atom stereocenters. The van der Waals surface area contributed by atoms with E-state index in [1.165, 1.54) is 0 Å². The predicted octanol–water partition coefficient (Wildman–Crippen LogP) is 3.07. The summed E-state index contributed by atoms with van der Waals surface area (Å²) in [7, 11) is 0. The average Bonchev–Trinajstić information content (AvgIpc) is 2.01. The molecule has 0 radical (unpaired) electrons. The molecule has 0 aliphatic heterocycles. The van der Waals surface area contributed by atoms with Gasteiger partial charge in [0.25, 0.3) is 0 Å². The fourth-order valence-electron chi connectivity index (χ4n) is 2.60. The second-order valence-corrected chi connectivity index (χ2v) is 4.86. The molecule has 0 amide bonds. The molecule has 0 aromatic rings. The fraction of sp³-hybridized carbons (Fsp3) is 1.00. The molecule has 0 bridgehead atoms. The van der Waals surface area contributed by atoms with E-state index in [1.807, 2.05) is 6.92 Å². The van der Waals surface area contributed by atoms with Gasteiger partial charge in [-0.3, -0.25) is 0 Å². The van der Waals surface area contributed by atoms with Crippen molar-refractivity contribution in [1.82, 2.24) is 0 Å². The molecule has 1 nitrogen and oxygen atoms in total. The first-order valence-electron chi connectivity index (χ1n) is 5.32. The van der Waals surface area contributed by atoms with E-state index in [4.69, 9.17) is 0 Å². The zero-order chi connectivity index (χ0) is 10.1. The molecule has 0 saturated heterocycles. The Morgan fingerprint density at radius 1 is 1.38 bits per heavy atom. The molecule has 78 valence electrons. The van der Waals surface area contributed by atoms with Crippen LogP contribution in [0.15, 0.2) is 0 Å². The van der Waals surface area contributed by atoms with E-state index < -0.39 is 11.3 Å². The lowest BCUT2D eigenvalue weighted by molar-refractivity contribution is -0.0745. The van der Waals surface area contributed by atoms with Gasteiger partial charge in [0.15, 0.2) is 0 Å². The van der Waals surface area contributed by atoms with Crippen LogP contribution in [0, 0.1) is 5.92 Å². The van der Waals surface area contributed by atoms with Crippen molar-refractivity contribution in [2.45, 2.75) is 64.1 Å². The molecule has 0 aromatic carbocycles. The lowest BCUT2D eigenvalue weighted by Crippen LogP contribution is -2.44. The lowest BCUT2D eigenvalue weighted by Gasteiger charge is -2.42. The van der Waals surface area contributed by atoms with Crippen molar-refractivity contribution in [3.8, 4) is 0 Å². The van der Waals surface area contributed by atoms with E-state index in [0.717, 1.165) is 12.8 Å². The van der Waals surface area contributed by atoms with Gasteiger partial charge in [-0.25, -0.2) is 4.39 Å². The molecule has 1 N–H and O–H groups in total. The van der Waals surface area contributed by atoms with E-state index in [1.54, 1.807) is 6.92 Å². The molecule has 1 aliphatic carbocycles. The Hall–Kier alpha value is -0.110. The van der Waals surface area contributed by atoms with Crippen molar-refractivity contribution < 1.29 is 9.50 Å². The third-order valence-electron chi connectivity index (χ3n) is 3.29. The van der Waals surface area contributed by atoms with Gasteiger partial charge < -0.3 is 5.11 Å². The average molecular weight is 188 g/mol. The predicted molar refractivity (Wildman–Crippen MR) is 52.4 cm³/mol. The van der Waals surface area contributed by atoms with Crippen LogP contribution in [0.1, 0.15) is 52.9 Å². The van der Waals surface area contributed by atoms with E-state index in [2.05, 4.69) is 6.92 Å². The third-order valence-corrected chi connectivity index (χ3v) is 3.29. The summed E-state index contributed by atoms with van der Waals surface area (Å²) in [4.78, 5) is 0. The number of halogens is 1. The van der Waals surface area contributed by atoms with Crippen LogP contribution in [0.4, 0.5) is 4.39 Å². The largest absolute Gasteiger partial charge is 0.390 e. The summed E-state index contributed by atoms with van der Waals surface area (Å²) < 4.78 is 14.1. The quantitative estimate of drug-likeness (QED) is 0.706. The summed E-state index contributed by atoms with van der Waals surface area (Å²) in [5.41, 5.74) is -1.91. The van der Waals surface area contributed by atoms with E-state index in [-0.39, 0.29) is 0 Å². The summed E-state index contributed by atoms with van der Waals surface area (Å²) in [5, 5.41) is 9.90. The van der Waals surface area contributed by atoms with Crippen LogP contribution >= 0.6 is 0 Å². The third kappa shape index (κ3) is 2.67. The maximum atomic E-state index is 14.1. The monoisotopic (exact) mass is 188 g/mol. The van der Waals surface area contributed by atoms with Crippen molar-refractivity contribution in [3.05, 3.63) is 0 Å². The Balaban J connectivity index is 2.71. The topological polar surface area (TPSA) is 20.2 Å². The number of aliphatic hydroxyl groups is 1. The van der Waals surface area contributed by atoms with Crippen LogP contribution in [0.5, 0.6) is 0 Å². The van der Waals surface area contributed by atoms with Gasteiger partial charge in [-0.15, -0.1) is 0 Å². The SMILES string of the molecule is CCC1CC(C)(O)CC(F)(CC)C1. The molecule has 2 heteroatoms. The maximum absolute atomic E-state index is 14.1. The minimum atomic E-state index is -1.12. The Bertz CT molecular complexity index is 179. The minimum absolute atomic E-state index is 0.312. The summed E-state index contributed by atoms with van der Waals surface area (Å²) in [5.74, 6) is 0.355. The maximum Gasteiger partial charge on any atom is 0.113 e. The molecule has 0 heterocycles. The number of hydrogen-bond donors (Lipinski definition) is 1. The summed E-state index contributed by atoms with van der Waals surface area (Å²) in [6, 6.07) is 0. The molecular weight excluding hydrogens is 167 g/mol. The van der Waals surface area contributed by atoms with Gasteiger partial charge in [0.2, 0.25) is 0 Å². The van der Waals surface area contributed by atoms with Crippen LogP contribution in [0.2, 0.25) is 0 Å². The van der Waals surface area contributed by atoms with Crippen molar-refractivity contribution >= 4 is 0 Å². The first-order chi connectivity index (χ1) is 5.91. The highest BCUT2D eigenvalue weighted by atomic mass is 19.1. The van der Waals surface area contributed by atoms with Gasteiger partial charge >= 0.3 is 0 Å². The van der Waals surface area contributed by atoms with E-state index >= 15 is 0 Å². The normalized spacial score (nSPS) is 46.4. The molecule has 1 fully saturated rings. The van der Waals surface area contributed by atoms with Gasteiger partial charge in [0.05, 0.1) is 5.60 Å². The molecule has 1 saturated carbocycles. The van der Waals surface area contributed by atoms with Gasteiger partial charge in [-0.2, -0.15) is 0 Å². The molecule has 13 heavy (non-hydrogen) atoms. The second-order valence-electron chi connectivity index (χ2n) is 4.86. The Labute approximate surface area is 80.3 Å². The van der Waals surface area contributed by atoms with Gasteiger partial charge in [-0.05, 0) is 32.1 Å². The van der Waals surface area contributed by atoms with Crippen LogP contribution in [-0.2, 0) is 0 Å². The van der Waals surface area contributed by atoms with Gasteiger partial charge in [0.1, 0.15) is 5.67 Å². The molecule has 0 spiro atoms. The lowest BCUT2D eigenvalue weighted by atomic mass is 9.70. The Morgan fingerprint density at radius 3 is 2.46 bits per heavy atom. The Morgan fingerprint density at radius 2 is 2.00 bits per heavy atom. The zero-order valence-corrected chi connectivity index (χ0v) is 8.94. The number of alkyl halides is 1. The minimum Gasteiger partial charge on any atom is -0.390 e. The van der Waals surface area contributed by atoms with Crippen molar-refractivity contribution in [3.63, 3.8) is 0 Å². The van der Waals surface area contributed by atoms with Crippen molar-refractivity contribution in [2.24, 2.45) is 5.92 Å². The van der Waals surface area contributed by atoms with Crippen molar-refractivity contribution in [2.75, 3.05) is 0 Å². The summed E-state index contributed by atoms with van der Waals surface area (Å²) >= 11 is 0. The van der Waals surface area contributed by atoms with Gasteiger partial charge in [0, 0.05) is 6.42 Å². The Kier molecular flexibility index (Phi) is 3.01. The highest BCUT2D eigenvalue weighted by Gasteiger charge is 2.44. The molecule has 1 rings (SSSR count). The standard InChI is InChI=1S/C11H21FO/c1-4-9-6-10(3,13)8-11(12,5-2)7-9/h9,13H,4-8H2,1-3H3. The first-order valence-corrected chi connectivity index (χ1v) is 5.32. The zero-order valence-electron chi connectivity index (χ0n) is 8.94. The van der Waals surface area contributed by atoms with E-state index in [0.29, 0.717) is 25.2 Å². The fourth-order valence-corrected chi connectivity index (χ4v) is 2.60. The summed E-state index contributed by atoms with van der Waals surface area (Å²) in [6.45, 7) is 5.70. The smallest absolute Gasteiger partial charge is 0.113 e. The first kappa shape index (κ1) is 11.0. The molecular formula is C11H21FO. The number of rotatable bonds is 2. The highest BCUT2D eigenvalue weighted by Crippen LogP contribution is 2.43. The van der Waals surface area contributed by atoms with Gasteiger partial charge in [-0.1, -0.05) is 20.3 Å². The van der Waals surface area contributed by atoms with Crippen LogP contribution in [-0.4, -0.2) is 16.4 Å². The van der Waals surface area contributed by atoms with Crippen molar-refractivity contribution in [1.29, 1.82) is 0 Å². The second kappa shape index (κ2) is 3.56. The van der Waals surface area contributed by atoms with E-state index in [9.17, 15) is 9.50 Å². The summed E-state index contributed by atoms with van der Waals surface area (Å²) in [6.07, 6.45) is 3.21. The van der Waals surface area contributed by atoms with Crippen LogP contribution in [0.3, 0.4) is 0 Å². The number of hydrogen-bond acceptors (Lipinski definition) is 1. The molecule has 0 aromatic heterocycles.